The fourth-order valence-corrected chi connectivity index (χ4v) is 2.12. The van der Waals surface area contributed by atoms with Gasteiger partial charge in [-0.2, -0.15) is 0 Å². The van der Waals surface area contributed by atoms with Gasteiger partial charge < -0.3 is 10.5 Å². The van der Waals surface area contributed by atoms with E-state index in [2.05, 4.69) is 0 Å². The van der Waals surface area contributed by atoms with Crippen LogP contribution >= 0.6 is 0 Å². The van der Waals surface area contributed by atoms with Crippen molar-refractivity contribution in [2.75, 3.05) is 18.1 Å². The van der Waals surface area contributed by atoms with E-state index in [1.54, 1.807) is 26.0 Å². The van der Waals surface area contributed by atoms with Gasteiger partial charge in [0.2, 0.25) is 0 Å². The van der Waals surface area contributed by atoms with Crippen LogP contribution in [0.3, 0.4) is 0 Å². The molecule has 0 saturated carbocycles. The van der Waals surface area contributed by atoms with Crippen LogP contribution in [0.25, 0.3) is 0 Å². The molecule has 6 heteroatoms. The van der Waals surface area contributed by atoms with Crippen molar-refractivity contribution in [1.82, 2.24) is 0 Å². The van der Waals surface area contributed by atoms with E-state index in [1.807, 2.05) is 6.92 Å². The van der Waals surface area contributed by atoms with Gasteiger partial charge in [0.1, 0.15) is 6.61 Å². The number of hydrogen-bond donors (Lipinski definition) is 1. The molecular formula is C13H19NO4S. The summed E-state index contributed by atoms with van der Waals surface area (Å²) in [5.41, 5.74) is 7.39. The molecule has 5 nitrogen and oxygen atoms in total. The molecule has 1 rings (SSSR count). The summed E-state index contributed by atoms with van der Waals surface area (Å²) in [6, 6.07) is 4.84. The minimum absolute atomic E-state index is 0.146. The molecular weight excluding hydrogens is 266 g/mol. The zero-order chi connectivity index (χ0) is 14.6. The van der Waals surface area contributed by atoms with Crippen LogP contribution in [0.4, 0.5) is 5.69 Å². The number of benzene rings is 1. The fourth-order valence-electron chi connectivity index (χ4n) is 1.34. The lowest BCUT2D eigenvalue weighted by Crippen LogP contribution is -2.22. The van der Waals surface area contributed by atoms with Gasteiger partial charge in [0.25, 0.3) is 0 Å². The van der Waals surface area contributed by atoms with Crippen LogP contribution in [0.2, 0.25) is 0 Å². The molecule has 0 saturated heterocycles. The lowest BCUT2D eigenvalue weighted by molar-refractivity contribution is 0.0529. The Labute approximate surface area is 113 Å². The van der Waals surface area contributed by atoms with E-state index in [9.17, 15) is 13.2 Å². The van der Waals surface area contributed by atoms with Crippen LogP contribution in [0.5, 0.6) is 0 Å². The summed E-state index contributed by atoms with van der Waals surface area (Å²) in [6.45, 7) is 4.88. The van der Waals surface area contributed by atoms with Gasteiger partial charge in [-0.3, -0.25) is 0 Å². The molecule has 0 aromatic heterocycles. The Morgan fingerprint density at radius 1 is 1.37 bits per heavy atom. The number of aryl methyl sites for hydroxylation is 1. The predicted octanol–water partition coefficient (Wildman–Crippen LogP) is 1.56. The van der Waals surface area contributed by atoms with Gasteiger partial charge in [0.15, 0.2) is 9.84 Å². The van der Waals surface area contributed by atoms with Crippen LogP contribution in [0, 0.1) is 6.92 Å². The Balaban J connectivity index is 2.59. The molecule has 1 aromatic carbocycles. The van der Waals surface area contributed by atoms with E-state index in [4.69, 9.17) is 10.5 Å². The minimum atomic E-state index is -3.19. The van der Waals surface area contributed by atoms with Crippen molar-refractivity contribution >= 4 is 21.5 Å². The molecule has 0 heterocycles. The smallest absolute Gasteiger partial charge is 0.338 e. The second kappa shape index (κ2) is 6.06. The molecule has 0 bridgehead atoms. The third-order valence-electron chi connectivity index (χ3n) is 2.83. The Kier molecular flexibility index (Phi) is 4.94. The lowest BCUT2D eigenvalue weighted by atomic mass is 10.1. The van der Waals surface area contributed by atoms with E-state index in [1.165, 1.54) is 6.07 Å². The molecule has 1 aromatic rings. The average molecular weight is 285 g/mol. The quantitative estimate of drug-likeness (QED) is 0.655. The molecule has 0 aliphatic rings. The normalized spacial score (nSPS) is 11.6. The summed E-state index contributed by atoms with van der Waals surface area (Å²) in [5.74, 6) is -0.733. The molecule has 19 heavy (non-hydrogen) atoms. The molecule has 0 aliphatic carbocycles. The highest BCUT2D eigenvalue weighted by molar-refractivity contribution is 7.91. The molecule has 0 aliphatic heterocycles. The third kappa shape index (κ3) is 4.24. The zero-order valence-corrected chi connectivity index (χ0v) is 12.2. The molecule has 2 N–H and O–H groups in total. The Bertz CT molecular complexity index is 564. The summed E-state index contributed by atoms with van der Waals surface area (Å²) >= 11 is 0. The van der Waals surface area contributed by atoms with E-state index >= 15 is 0 Å². The SMILES string of the molecule is Cc1ccc(C(=O)OCCS(=O)(=O)C(C)C)cc1N. The van der Waals surface area contributed by atoms with Gasteiger partial charge in [-0.05, 0) is 38.5 Å². The van der Waals surface area contributed by atoms with Gasteiger partial charge >= 0.3 is 5.97 Å². The van der Waals surface area contributed by atoms with Crippen molar-refractivity contribution in [2.24, 2.45) is 0 Å². The topological polar surface area (TPSA) is 86.5 Å². The van der Waals surface area contributed by atoms with Crippen LogP contribution in [0.1, 0.15) is 29.8 Å². The van der Waals surface area contributed by atoms with Crippen molar-refractivity contribution < 1.29 is 17.9 Å². The fraction of sp³-hybridized carbons (Fsp3) is 0.462. The standard InChI is InChI=1S/C13H19NO4S/c1-9(2)19(16,17)7-6-18-13(15)11-5-4-10(3)12(14)8-11/h4-5,8-9H,6-7,14H2,1-3H3. The first kappa shape index (κ1) is 15.5. The van der Waals surface area contributed by atoms with E-state index in [0.29, 0.717) is 11.3 Å². The zero-order valence-electron chi connectivity index (χ0n) is 11.3. The number of esters is 1. The van der Waals surface area contributed by atoms with E-state index in [0.717, 1.165) is 5.56 Å². The first-order valence-corrected chi connectivity index (χ1v) is 7.70. The highest BCUT2D eigenvalue weighted by Gasteiger charge is 2.17. The van der Waals surface area contributed by atoms with Gasteiger partial charge in [0, 0.05) is 5.69 Å². The molecule has 0 fully saturated rings. The number of rotatable bonds is 5. The summed E-state index contributed by atoms with van der Waals surface area (Å²) in [5, 5.41) is -0.471. The number of sulfone groups is 1. The maximum Gasteiger partial charge on any atom is 0.338 e. The molecule has 0 amide bonds. The van der Waals surface area contributed by atoms with Crippen LogP contribution in [-0.4, -0.2) is 32.0 Å². The number of nitrogen functional groups attached to an aromatic ring is 1. The van der Waals surface area contributed by atoms with Crippen molar-refractivity contribution in [3.63, 3.8) is 0 Å². The Hall–Kier alpha value is -1.56. The van der Waals surface area contributed by atoms with Crippen LogP contribution < -0.4 is 5.73 Å². The van der Waals surface area contributed by atoms with Crippen LogP contribution in [0.15, 0.2) is 18.2 Å². The number of anilines is 1. The number of hydrogen-bond acceptors (Lipinski definition) is 5. The lowest BCUT2D eigenvalue weighted by Gasteiger charge is -2.09. The number of carbonyl (C=O) groups excluding carboxylic acids is 1. The van der Waals surface area contributed by atoms with Crippen molar-refractivity contribution in [3.05, 3.63) is 29.3 Å². The van der Waals surface area contributed by atoms with Crippen molar-refractivity contribution in [2.45, 2.75) is 26.0 Å². The predicted molar refractivity (Wildman–Crippen MR) is 74.8 cm³/mol. The van der Waals surface area contributed by atoms with Gasteiger partial charge in [0.05, 0.1) is 16.6 Å². The van der Waals surface area contributed by atoms with Gasteiger partial charge in [-0.1, -0.05) is 6.07 Å². The third-order valence-corrected chi connectivity index (χ3v) is 5.01. The monoisotopic (exact) mass is 285 g/mol. The largest absolute Gasteiger partial charge is 0.461 e. The second-order valence-corrected chi connectivity index (χ2v) is 7.30. The highest BCUT2D eigenvalue weighted by atomic mass is 32.2. The summed E-state index contributed by atoms with van der Waals surface area (Å²) < 4.78 is 28.0. The summed E-state index contributed by atoms with van der Waals surface area (Å²) in [6.07, 6.45) is 0. The van der Waals surface area contributed by atoms with Crippen molar-refractivity contribution in [3.8, 4) is 0 Å². The molecule has 106 valence electrons. The van der Waals surface area contributed by atoms with E-state index in [-0.39, 0.29) is 12.4 Å². The van der Waals surface area contributed by atoms with E-state index < -0.39 is 21.1 Å². The van der Waals surface area contributed by atoms with Crippen molar-refractivity contribution in [1.29, 1.82) is 0 Å². The number of carbonyl (C=O) groups is 1. The minimum Gasteiger partial charge on any atom is -0.461 e. The molecule has 0 radical (unpaired) electrons. The molecule has 0 spiro atoms. The molecule has 0 atom stereocenters. The summed E-state index contributed by atoms with van der Waals surface area (Å²) in [7, 11) is -3.19. The van der Waals surface area contributed by atoms with Gasteiger partial charge in [-0.25, -0.2) is 13.2 Å². The first-order chi connectivity index (χ1) is 8.74. The number of nitrogens with two attached hydrogens (primary N) is 1. The maximum atomic E-state index is 11.7. The second-order valence-electron chi connectivity index (χ2n) is 4.62. The summed E-state index contributed by atoms with van der Waals surface area (Å²) in [4.78, 5) is 11.7. The highest BCUT2D eigenvalue weighted by Crippen LogP contribution is 2.13. The van der Waals surface area contributed by atoms with Crippen LogP contribution in [-0.2, 0) is 14.6 Å². The first-order valence-electron chi connectivity index (χ1n) is 5.99. The number of ether oxygens (including phenoxy) is 1. The maximum absolute atomic E-state index is 11.7. The van der Waals surface area contributed by atoms with Gasteiger partial charge in [-0.15, -0.1) is 0 Å². The Morgan fingerprint density at radius 2 is 2.00 bits per heavy atom. The average Bonchev–Trinajstić information content (AvgIpc) is 2.32. The Morgan fingerprint density at radius 3 is 2.53 bits per heavy atom. The molecule has 0 unspecified atom stereocenters.